The summed E-state index contributed by atoms with van der Waals surface area (Å²) in [5.74, 6) is 0.697. The molecule has 0 fully saturated rings. The van der Waals surface area contributed by atoms with E-state index in [2.05, 4.69) is 31.0 Å². The van der Waals surface area contributed by atoms with Gasteiger partial charge in [0.2, 0.25) is 0 Å². The first-order valence-electron chi connectivity index (χ1n) is 4.39. The Bertz CT molecular complexity index is 505. The van der Waals surface area contributed by atoms with Crippen LogP contribution in [0.25, 0.3) is 5.82 Å². The molecular formula is C9H10BrN5. The normalized spacial score (nSPS) is 10.6. The van der Waals surface area contributed by atoms with Gasteiger partial charge in [0, 0.05) is 6.20 Å². The Balaban J connectivity index is 2.65. The molecule has 15 heavy (non-hydrogen) atoms. The van der Waals surface area contributed by atoms with E-state index in [4.69, 9.17) is 5.73 Å². The minimum Gasteiger partial charge on any atom is -0.396 e. The molecule has 0 aliphatic carbocycles. The van der Waals surface area contributed by atoms with Gasteiger partial charge in [0.15, 0.2) is 5.82 Å². The Hall–Kier alpha value is -1.43. The lowest BCUT2D eigenvalue weighted by Crippen LogP contribution is -2.03. The monoisotopic (exact) mass is 267 g/mol. The van der Waals surface area contributed by atoms with E-state index >= 15 is 0 Å². The molecule has 2 heterocycles. The number of aryl methyl sites for hydroxylation is 1. The number of hydrogen-bond donors (Lipinski definition) is 1. The Morgan fingerprint density at radius 3 is 2.67 bits per heavy atom. The van der Waals surface area contributed by atoms with Crippen molar-refractivity contribution in [2.45, 2.75) is 13.8 Å². The van der Waals surface area contributed by atoms with Crippen LogP contribution in [0.4, 0.5) is 5.69 Å². The van der Waals surface area contributed by atoms with Crippen LogP contribution in [0, 0.1) is 13.8 Å². The summed E-state index contributed by atoms with van der Waals surface area (Å²) in [4.78, 5) is 8.05. The second-order valence-corrected chi connectivity index (χ2v) is 4.04. The van der Waals surface area contributed by atoms with E-state index < -0.39 is 0 Å². The van der Waals surface area contributed by atoms with E-state index in [0.717, 1.165) is 15.9 Å². The number of halogens is 1. The van der Waals surface area contributed by atoms with Crippen molar-refractivity contribution in [3.05, 3.63) is 28.4 Å². The summed E-state index contributed by atoms with van der Waals surface area (Å²) < 4.78 is 2.49. The highest BCUT2D eigenvalue weighted by molar-refractivity contribution is 9.10. The van der Waals surface area contributed by atoms with Gasteiger partial charge >= 0.3 is 0 Å². The summed E-state index contributed by atoms with van der Waals surface area (Å²) in [7, 11) is 0. The Kier molecular flexibility index (Phi) is 2.44. The quantitative estimate of drug-likeness (QED) is 0.853. The molecule has 6 heteroatoms. The van der Waals surface area contributed by atoms with Gasteiger partial charge in [-0.2, -0.15) is 5.10 Å². The first-order chi connectivity index (χ1) is 7.11. The number of anilines is 1. The highest BCUT2D eigenvalue weighted by atomic mass is 79.9. The standard InChI is InChI=1S/C9H10BrN5/c1-5-8(11)6(2)15(14-5)9-7(10)3-12-4-13-9/h3-4H,11H2,1-2H3. The lowest BCUT2D eigenvalue weighted by Gasteiger charge is -2.04. The third-order valence-corrected chi connectivity index (χ3v) is 2.76. The number of nitrogen functional groups attached to an aromatic ring is 1. The fraction of sp³-hybridized carbons (Fsp3) is 0.222. The summed E-state index contributed by atoms with van der Waals surface area (Å²) in [6, 6.07) is 0. The Morgan fingerprint density at radius 2 is 2.13 bits per heavy atom. The number of rotatable bonds is 1. The lowest BCUT2D eigenvalue weighted by atomic mass is 10.3. The van der Waals surface area contributed by atoms with Crippen molar-refractivity contribution in [3.63, 3.8) is 0 Å². The number of nitrogens with zero attached hydrogens (tertiary/aromatic N) is 4. The second-order valence-electron chi connectivity index (χ2n) is 3.19. The van der Waals surface area contributed by atoms with Crippen molar-refractivity contribution in [1.29, 1.82) is 0 Å². The van der Waals surface area contributed by atoms with Gasteiger partial charge in [0.1, 0.15) is 6.33 Å². The maximum atomic E-state index is 5.85. The fourth-order valence-corrected chi connectivity index (χ4v) is 1.71. The maximum Gasteiger partial charge on any atom is 0.171 e. The van der Waals surface area contributed by atoms with Gasteiger partial charge in [-0.1, -0.05) is 0 Å². The topological polar surface area (TPSA) is 69.6 Å². The van der Waals surface area contributed by atoms with Gasteiger partial charge in [-0.25, -0.2) is 14.6 Å². The van der Waals surface area contributed by atoms with E-state index in [-0.39, 0.29) is 0 Å². The highest BCUT2D eigenvalue weighted by Gasteiger charge is 2.12. The van der Waals surface area contributed by atoms with Crippen molar-refractivity contribution in [2.75, 3.05) is 5.73 Å². The molecule has 0 saturated carbocycles. The van der Waals surface area contributed by atoms with Crippen LogP contribution in [0.2, 0.25) is 0 Å². The minimum absolute atomic E-state index is 0.695. The number of aromatic nitrogens is 4. The van der Waals surface area contributed by atoms with Crippen LogP contribution < -0.4 is 5.73 Å². The lowest BCUT2D eigenvalue weighted by molar-refractivity contribution is 0.796. The third kappa shape index (κ3) is 1.61. The van der Waals surface area contributed by atoms with Gasteiger partial charge in [0.05, 0.1) is 21.5 Å². The zero-order valence-corrected chi connectivity index (χ0v) is 9.98. The van der Waals surface area contributed by atoms with E-state index in [1.165, 1.54) is 6.33 Å². The van der Waals surface area contributed by atoms with Crippen LogP contribution in [-0.2, 0) is 0 Å². The summed E-state index contributed by atoms with van der Waals surface area (Å²) in [5, 5.41) is 4.31. The average Bonchev–Trinajstić information content (AvgIpc) is 2.47. The van der Waals surface area contributed by atoms with Gasteiger partial charge in [-0.05, 0) is 29.8 Å². The molecule has 0 radical (unpaired) electrons. The van der Waals surface area contributed by atoms with Crippen molar-refractivity contribution in [1.82, 2.24) is 19.7 Å². The van der Waals surface area contributed by atoms with Crippen LogP contribution in [0.1, 0.15) is 11.4 Å². The summed E-state index contributed by atoms with van der Waals surface area (Å²) in [5.41, 5.74) is 8.23. The molecule has 5 nitrogen and oxygen atoms in total. The summed E-state index contributed by atoms with van der Waals surface area (Å²) in [6.07, 6.45) is 3.15. The first kappa shape index (κ1) is 10.1. The van der Waals surface area contributed by atoms with Gasteiger partial charge in [0.25, 0.3) is 0 Å². The van der Waals surface area contributed by atoms with E-state index in [0.29, 0.717) is 11.5 Å². The molecule has 0 aliphatic rings. The molecule has 0 amide bonds. The van der Waals surface area contributed by atoms with Crippen LogP contribution in [0.15, 0.2) is 17.0 Å². The second kappa shape index (κ2) is 3.62. The third-order valence-electron chi connectivity index (χ3n) is 2.20. The van der Waals surface area contributed by atoms with E-state index in [9.17, 15) is 0 Å². The molecule has 2 N–H and O–H groups in total. The molecule has 2 rings (SSSR count). The van der Waals surface area contributed by atoms with E-state index in [1.807, 2.05) is 13.8 Å². The number of nitrogens with two attached hydrogens (primary N) is 1. The largest absolute Gasteiger partial charge is 0.396 e. The predicted molar refractivity (Wildman–Crippen MR) is 60.7 cm³/mol. The van der Waals surface area contributed by atoms with Crippen LogP contribution in [0.3, 0.4) is 0 Å². The van der Waals surface area contributed by atoms with Gasteiger partial charge in [-0.15, -0.1) is 0 Å². The van der Waals surface area contributed by atoms with Gasteiger partial charge < -0.3 is 5.73 Å². The zero-order valence-electron chi connectivity index (χ0n) is 8.40. The van der Waals surface area contributed by atoms with E-state index in [1.54, 1.807) is 10.9 Å². The molecule has 0 aliphatic heterocycles. The molecule has 0 unspecified atom stereocenters. The number of hydrogen-bond acceptors (Lipinski definition) is 4. The minimum atomic E-state index is 0.695. The van der Waals surface area contributed by atoms with Crippen molar-refractivity contribution < 1.29 is 0 Å². The van der Waals surface area contributed by atoms with Gasteiger partial charge in [-0.3, -0.25) is 0 Å². The molecule has 2 aromatic heterocycles. The van der Waals surface area contributed by atoms with Crippen molar-refractivity contribution in [2.24, 2.45) is 0 Å². The molecular weight excluding hydrogens is 258 g/mol. The zero-order chi connectivity index (χ0) is 11.0. The SMILES string of the molecule is Cc1nn(-c2ncncc2Br)c(C)c1N. The molecule has 78 valence electrons. The highest BCUT2D eigenvalue weighted by Crippen LogP contribution is 2.22. The predicted octanol–water partition coefficient (Wildman–Crippen LogP) is 1.62. The maximum absolute atomic E-state index is 5.85. The Labute approximate surface area is 95.5 Å². The van der Waals surface area contributed by atoms with Crippen LogP contribution >= 0.6 is 15.9 Å². The Morgan fingerprint density at radius 1 is 1.40 bits per heavy atom. The fourth-order valence-electron chi connectivity index (χ4n) is 1.32. The van der Waals surface area contributed by atoms with Crippen LogP contribution in [-0.4, -0.2) is 19.7 Å². The molecule has 0 bridgehead atoms. The van der Waals surface area contributed by atoms with Crippen molar-refractivity contribution in [3.8, 4) is 5.82 Å². The smallest absolute Gasteiger partial charge is 0.171 e. The first-order valence-corrected chi connectivity index (χ1v) is 5.18. The molecule has 2 aromatic rings. The summed E-state index contributed by atoms with van der Waals surface area (Å²) >= 11 is 3.37. The van der Waals surface area contributed by atoms with Crippen LogP contribution in [0.5, 0.6) is 0 Å². The molecule has 0 spiro atoms. The molecule has 0 saturated heterocycles. The molecule has 0 aromatic carbocycles. The average molecular weight is 268 g/mol. The van der Waals surface area contributed by atoms with Crippen molar-refractivity contribution >= 4 is 21.6 Å². The molecule has 0 atom stereocenters. The summed E-state index contributed by atoms with van der Waals surface area (Å²) in [6.45, 7) is 3.78.